The molecule has 1 fully saturated rings. The first-order valence-corrected chi connectivity index (χ1v) is 16.1. The Kier molecular flexibility index (Phi) is 10.1. The lowest BCUT2D eigenvalue weighted by molar-refractivity contribution is -0.292. The minimum atomic E-state index is -5.95. The number of aryl methyl sites for hydroxylation is 1. The maximum absolute atomic E-state index is 13.9. The van der Waals surface area contributed by atoms with Crippen LogP contribution >= 0.6 is 23.2 Å². The molecule has 2 N–H and O–H groups in total. The number of benzene rings is 2. The van der Waals surface area contributed by atoms with Gasteiger partial charge in [-0.05, 0) is 60.0 Å². The number of carbonyl (C=O) groups excluding carboxylic acids is 2. The number of halogens is 7. The van der Waals surface area contributed by atoms with Crippen LogP contribution in [0.3, 0.4) is 0 Å². The summed E-state index contributed by atoms with van der Waals surface area (Å²) in [4.78, 5) is 34.4. The van der Waals surface area contributed by atoms with Crippen LogP contribution in [0.2, 0.25) is 10.0 Å². The van der Waals surface area contributed by atoms with Crippen molar-refractivity contribution in [1.82, 2.24) is 45.2 Å². The summed E-state index contributed by atoms with van der Waals surface area (Å²) in [6.07, 6.45) is -3.86. The highest BCUT2D eigenvalue weighted by Gasteiger charge is 2.62. The van der Waals surface area contributed by atoms with E-state index < -0.39 is 36.3 Å². The lowest BCUT2D eigenvalue weighted by atomic mass is 10.1. The van der Waals surface area contributed by atoms with E-state index in [1.54, 1.807) is 13.0 Å². The molecule has 1 aliphatic rings. The Morgan fingerprint density at radius 2 is 1.73 bits per heavy atom. The molecule has 2 amide bonds. The van der Waals surface area contributed by atoms with Gasteiger partial charge in [0.1, 0.15) is 12.2 Å². The zero-order valence-corrected chi connectivity index (χ0v) is 28.0. The van der Waals surface area contributed by atoms with Crippen molar-refractivity contribution in [2.75, 3.05) is 18.4 Å². The molecule has 3 aromatic heterocycles. The second-order valence-electron chi connectivity index (χ2n) is 11.7. The Bertz CT molecular complexity index is 2070. The van der Waals surface area contributed by atoms with Gasteiger partial charge >= 0.3 is 12.1 Å². The van der Waals surface area contributed by atoms with Crippen LogP contribution in [-0.2, 0) is 19.0 Å². The number of amides is 2. The smallest absolute Gasteiger partial charge is 0.348 e. The Balaban J connectivity index is 1.25. The van der Waals surface area contributed by atoms with Crippen LogP contribution in [0.5, 0.6) is 0 Å². The van der Waals surface area contributed by atoms with Crippen LogP contribution in [0.1, 0.15) is 49.9 Å². The van der Waals surface area contributed by atoms with Crippen LogP contribution in [0, 0.1) is 6.92 Å². The third-order valence-corrected chi connectivity index (χ3v) is 8.48. The summed E-state index contributed by atoms with van der Waals surface area (Å²) in [5, 5.41) is 19.7. The van der Waals surface area contributed by atoms with E-state index in [4.69, 9.17) is 23.2 Å². The molecule has 51 heavy (non-hydrogen) atoms. The van der Waals surface area contributed by atoms with Crippen molar-refractivity contribution in [3.63, 3.8) is 0 Å². The summed E-state index contributed by atoms with van der Waals surface area (Å²) in [5.41, 5.74) is 1.64. The van der Waals surface area contributed by atoms with Gasteiger partial charge in [-0.1, -0.05) is 53.5 Å². The fourth-order valence-corrected chi connectivity index (χ4v) is 6.01. The largest absolute Gasteiger partial charge is 0.461 e. The zero-order valence-electron chi connectivity index (χ0n) is 26.5. The quantitative estimate of drug-likeness (QED) is 0.171. The third kappa shape index (κ3) is 7.84. The van der Waals surface area contributed by atoms with Gasteiger partial charge in [-0.25, -0.2) is 9.67 Å². The fourth-order valence-electron chi connectivity index (χ4n) is 5.54. The summed E-state index contributed by atoms with van der Waals surface area (Å²) < 4.78 is 67.1. The van der Waals surface area contributed by atoms with Gasteiger partial charge in [-0.15, -0.1) is 10.2 Å². The molecule has 0 aliphatic carbocycles. The lowest BCUT2D eigenvalue weighted by Gasteiger charge is -2.19. The highest BCUT2D eigenvalue weighted by molar-refractivity contribution is 6.32. The SMILES string of the molecule is Cc1cc(Cl)cc(C(=O)NC2CCN(Cc3ccccc3)C2)c1NC(=O)c1cc(Cn2nnc(C(F)(F)C(F)(F)F)n2)nn1-c1ncccc1Cl. The molecule has 1 unspecified atom stereocenters. The summed E-state index contributed by atoms with van der Waals surface area (Å²) in [7, 11) is 0. The molecule has 1 saturated heterocycles. The van der Waals surface area contributed by atoms with Crippen molar-refractivity contribution < 1.29 is 31.5 Å². The molecular formula is C32H27Cl2F5N10O2. The number of likely N-dealkylation sites (tertiary alicyclic amines) is 1. The monoisotopic (exact) mass is 748 g/mol. The number of alkyl halides is 5. The lowest BCUT2D eigenvalue weighted by Crippen LogP contribution is -2.37. The van der Waals surface area contributed by atoms with E-state index in [2.05, 4.69) is 41.0 Å². The first-order chi connectivity index (χ1) is 24.2. The minimum Gasteiger partial charge on any atom is -0.348 e. The van der Waals surface area contributed by atoms with E-state index in [-0.39, 0.29) is 44.5 Å². The molecule has 4 heterocycles. The third-order valence-electron chi connectivity index (χ3n) is 7.97. The molecule has 0 radical (unpaired) electrons. The Morgan fingerprint density at radius 3 is 2.45 bits per heavy atom. The fraction of sp³-hybridized carbons (Fsp3) is 0.281. The molecule has 0 bridgehead atoms. The van der Waals surface area contributed by atoms with Crippen molar-refractivity contribution in [1.29, 1.82) is 0 Å². The normalized spacial score (nSPS) is 15.3. The Morgan fingerprint density at radius 1 is 0.961 bits per heavy atom. The minimum absolute atomic E-state index is 0.00139. The second kappa shape index (κ2) is 14.3. The maximum atomic E-state index is 13.9. The molecule has 2 aromatic carbocycles. The van der Waals surface area contributed by atoms with Gasteiger partial charge in [-0.3, -0.25) is 14.5 Å². The van der Waals surface area contributed by atoms with Crippen LogP contribution in [0.25, 0.3) is 5.82 Å². The molecule has 12 nitrogen and oxygen atoms in total. The number of tetrazole rings is 1. The predicted octanol–water partition coefficient (Wildman–Crippen LogP) is 5.83. The molecule has 0 spiro atoms. The Hall–Kier alpha value is -5.00. The number of anilines is 1. The molecular weight excluding hydrogens is 722 g/mol. The molecule has 19 heteroatoms. The van der Waals surface area contributed by atoms with E-state index in [1.807, 2.05) is 30.3 Å². The first kappa shape index (κ1) is 35.8. The van der Waals surface area contributed by atoms with Crippen LogP contribution in [0.15, 0.2) is 66.9 Å². The number of nitrogens with one attached hydrogen (secondary N) is 2. The second-order valence-corrected chi connectivity index (χ2v) is 12.6. The average Bonchev–Trinajstić information content (AvgIpc) is 3.83. The first-order valence-electron chi connectivity index (χ1n) is 15.3. The summed E-state index contributed by atoms with van der Waals surface area (Å²) in [6, 6.07) is 17.0. The number of hydrogen-bond acceptors (Lipinski definition) is 8. The van der Waals surface area contributed by atoms with Gasteiger partial charge in [0.25, 0.3) is 17.6 Å². The van der Waals surface area contributed by atoms with E-state index in [1.165, 1.54) is 30.5 Å². The Labute approximate surface area is 296 Å². The topological polar surface area (TPSA) is 136 Å². The summed E-state index contributed by atoms with van der Waals surface area (Å²) >= 11 is 12.7. The molecule has 1 aliphatic heterocycles. The van der Waals surface area contributed by atoms with Crippen molar-refractivity contribution in [2.45, 2.75) is 44.6 Å². The van der Waals surface area contributed by atoms with E-state index in [0.717, 1.165) is 23.3 Å². The number of carbonyl (C=O) groups is 2. The number of rotatable bonds is 10. The molecule has 6 rings (SSSR count). The molecule has 0 saturated carbocycles. The number of pyridine rings is 1. The standard InChI is InChI=1S/C32H27Cl2F5N10O2/c1-18-12-20(33)13-23(28(50)41-21-9-11-47(16-21)15-19-6-3-2-4-7-19)26(18)42-29(51)25-14-22(44-49(25)27-24(34)8-5-10-40-27)17-48-45-30(43-46-48)31(35,36)32(37,38)39/h2-8,10,12-14,21H,9,11,15-17H2,1H3,(H,41,50)(H,42,51). The van der Waals surface area contributed by atoms with Gasteiger partial charge < -0.3 is 10.6 Å². The van der Waals surface area contributed by atoms with Crippen LogP contribution in [0.4, 0.5) is 27.6 Å². The van der Waals surface area contributed by atoms with Crippen molar-refractivity contribution in [3.8, 4) is 5.82 Å². The van der Waals surface area contributed by atoms with Crippen LogP contribution < -0.4 is 10.6 Å². The number of hydrogen-bond donors (Lipinski definition) is 2. The van der Waals surface area contributed by atoms with Gasteiger partial charge in [0.2, 0.25) is 0 Å². The van der Waals surface area contributed by atoms with Gasteiger partial charge in [0, 0.05) is 36.9 Å². The molecule has 1 atom stereocenters. The molecule has 266 valence electrons. The summed E-state index contributed by atoms with van der Waals surface area (Å²) in [5.74, 6) is -8.46. The number of aromatic nitrogens is 7. The van der Waals surface area contributed by atoms with Crippen LogP contribution in [-0.4, -0.2) is 77.0 Å². The summed E-state index contributed by atoms with van der Waals surface area (Å²) in [6.45, 7) is 3.21. The molecule has 5 aromatic rings. The van der Waals surface area contributed by atoms with Crippen molar-refractivity contribution in [3.05, 3.63) is 111 Å². The highest BCUT2D eigenvalue weighted by Crippen LogP contribution is 2.42. The average molecular weight is 750 g/mol. The van der Waals surface area contributed by atoms with Gasteiger partial charge in [0.05, 0.1) is 22.0 Å². The van der Waals surface area contributed by atoms with Gasteiger partial charge in [-0.2, -0.15) is 31.8 Å². The van der Waals surface area contributed by atoms with E-state index in [9.17, 15) is 31.5 Å². The van der Waals surface area contributed by atoms with Crippen molar-refractivity contribution in [2.24, 2.45) is 0 Å². The highest BCUT2D eigenvalue weighted by atomic mass is 35.5. The predicted molar refractivity (Wildman–Crippen MR) is 175 cm³/mol. The zero-order chi connectivity index (χ0) is 36.5. The van der Waals surface area contributed by atoms with Crippen molar-refractivity contribution >= 4 is 40.7 Å². The van der Waals surface area contributed by atoms with E-state index >= 15 is 0 Å². The maximum Gasteiger partial charge on any atom is 0.461 e. The number of nitrogens with zero attached hydrogens (tertiary/aromatic N) is 8. The van der Waals surface area contributed by atoms with Gasteiger partial charge in [0.15, 0.2) is 5.82 Å². The van der Waals surface area contributed by atoms with E-state index in [0.29, 0.717) is 23.3 Å².